The van der Waals surface area contributed by atoms with Crippen LogP contribution in [0, 0.1) is 0 Å². The predicted molar refractivity (Wildman–Crippen MR) is 81.0 cm³/mol. The molecule has 9 heteroatoms. The standard InChI is InChI=1S/C13H10BrNO6S/c1-19-13(18)11-7(4-5-22-11)15-10(16)6-20-12(17)8-2-3-9(14)21-8/h2-5H,6H2,1H3,(H,15,16). The summed E-state index contributed by atoms with van der Waals surface area (Å²) < 4.78 is 14.8. The lowest BCUT2D eigenvalue weighted by atomic mass is 10.4. The Morgan fingerprint density at radius 1 is 1.27 bits per heavy atom. The molecule has 0 fully saturated rings. The Labute approximate surface area is 137 Å². The normalized spacial score (nSPS) is 10.1. The molecule has 2 aromatic heterocycles. The Morgan fingerprint density at radius 3 is 2.68 bits per heavy atom. The molecule has 0 unspecified atom stereocenters. The molecule has 0 aliphatic heterocycles. The summed E-state index contributed by atoms with van der Waals surface area (Å²) in [6.07, 6.45) is 0. The Balaban J connectivity index is 1.90. The summed E-state index contributed by atoms with van der Waals surface area (Å²) in [5.74, 6) is -1.92. The van der Waals surface area contributed by atoms with E-state index in [4.69, 9.17) is 9.15 Å². The first-order chi connectivity index (χ1) is 10.5. The monoisotopic (exact) mass is 387 g/mol. The second-order valence-corrected chi connectivity index (χ2v) is 5.58. The SMILES string of the molecule is COC(=O)c1sccc1NC(=O)COC(=O)c1ccc(Br)o1. The van der Waals surface area contributed by atoms with Gasteiger partial charge in [0.1, 0.15) is 4.88 Å². The number of carbonyl (C=O) groups is 3. The number of halogens is 1. The van der Waals surface area contributed by atoms with Crippen LogP contribution in [-0.4, -0.2) is 31.6 Å². The summed E-state index contributed by atoms with van der Waals surface area (Å²) in [6, 6.07) is 4.50. The summed E-state index contributed by atoms with van der Waals surface area (Å²) in [5, 5.41) is 4.10. The van der Waals surface area contributed by atoms with E-state index >= 15 is 0 Å². The molecule has 0 aromatic carbocycles. The molecule has 0 aliphatic rings. The minimum atomic E-state index is -0.764. The lowest BCUT2D eigenvalue weighted by molar-refractivity contribution is -0.119. The maximum Gasteiger partial charge on any atom is 0.374 e. The van der Waals surface area contributed by atoms with Crippen LogP contribution in [0.4, 0.5) is 5.69 Å². The number of hydrogen-bond acceptors (Lipinski definition) is 7. The molecule has 0 aliphatic carbocycles. The van der Waals surface area contributed by atoms with Crippen molar-refractivity contribution in [3.05, 3.63) is 38.9 Å². The summed E-state index contributed by atoms with van der Waals surface area (Å²) in [6.45, 7) is -0.506. The number of rotatable bonds is 5. The Hall–Kier alpha value is -2.13. The number of anilines is 1. The molecule has 0 saturated carbocycles. The van der Waals surface area contributed by atoms with E-state index in [9.17, 15) is 14.4 Å². The van der Waals surface area contributed by atoms with Gasteiger partial charge in [-0.15, -0.1) is 11.3 Å². The molecule has 1 N–H and O–H groups in total. The van der Waals surface area contributed by atoms with Gasteiger partial charge in [0.2, 0.25) is 5.76 Å². The third-order valence-corrected chi connectivity index (χ3v) is 3.74. The highest BCUT2D eigenvalue weighted by Crippen LogP contribution is 2.23. The van der Waals surface area contributed by atoms with Crippen molar-refractivity contribution in [2.24, 2.45) is 0 Å². The molecular weight excluding hydrogens is 378 g/mol. The Morgan fingerprint density at radius 2 is 2.05 bits per heavy atom. The number of furan rings is 1. The quantitative estimate of drug-likeness (QED) is 0.792. The van der Waals surface area contributed by atoms with Gasteiger partial charge in [-0.3, -0.25) is 4.79 Å². The van der Waals surface area contributed by atoms with E-state index in [0.717, 1.165) is 11.3 Å². The first-order valence-electron chi connectivity index (χ1n) is 5.89. The summed E-state index contributed by atoms with van der Waals surface area (Å²) in [7, 11) is 1.25. The Bertz CT molecular complexity index is 707. The number of thiophene rings is 1. The number of hydrogen-bond donors (Lipinski definition) is 1. The van der Waals surface area contributed by atoms with Crippen LogP contribution in [0.1, 0.15) is 20.2 Å². The van der Waals surface area contributed by atoms with Crippen molar-refractivity contribution in [3.8, 4) is 0 Å². The van der Waals surface area contributed by atoms with Crippen LogP contribution in [0.5, 0.6) is 0 Å². The summed E-state index contributed by atoms with van der Waals surface area (Å²) >= 11 is 4.18. The lowest BCUT2D eigenvalue weighted by Gasteiger charge is -2.06. The zero-order valence-corrected chi connectivity index (χ0v) is 13.7. The van der Waals surface area contributed by atoms with Crippen molar-refractivity contribution in [1.82, 2.24) is 0 Å². The highest BCUT2D eigenvalue weighted by atomic mass is 79.9. The molecule has 22 heavy (non-hydrogen) atoms. The molecule has 2 heterocycles. The van der Waals surface area contributed by atoms with Crippen LogP contribution < -0.4 is 5.32 Å². The molecular formula is C13H10BrNO6S. The van der Waals surface area contributed by atoms with Gasteiger partial charge < -0.3 is 19.2 Å². The predicted octanol–water partition coefficient (Wildman–Crippen LogP) is 2.69. The van der Waals surface area contributed by atoms with Crippen molar-refractivity contribution < 1.29 is 28.3 Å². The number of methoxy groups -OCH3 is 1. The van der Waals surface area contributed by atoms with Crippen LogP contribution in [0.3, 0.4) is 0 Å². The van der Waals surface area contributed by atoms with Crippen molar-refractivity contribution in [3.63, 3.8) is 0 Å². The number of nitrogens with one attached hydrogen (secondary N) is 1. The van der Waals surface area contributed by atoms with Gasteiger partial charge in [0.05, 0.1) is 12.8 Å². The summed E-state index contributed by atoms with van der Waals surface area (Å²) in [5.41, 5.74) is 0.304. The topological polar surface area (TPSA) is 94.8 Å². The molecule has 2 aromatic rings. The fraction of sp³-hybridized carbons (Fsp3) is 0.154. The van der Waals surface area contributed by atoms with Crippen molar-refractivity contribution in [2.75, 3.05) is 19.0 Å². The molecule has 0 spiro atoms. The molecule has 1 amide bonds. The van der Waals surface area contributed by atoms with Crippen molar-refractivity contribution in [1.29, 1.82) is 0 Å². The lowest BCUT2D eigenvalue weighted by Crippen LogP contribution is -2.21. The average Bonchev–Trinajstić information content (AvgIpc) is 3.13. The zero-order chi connectivity index (χ0) is 16.1. The van der Waals surface area contributed by atoms with Gasteiger partial charge in [-0.25, -0.2) is 9.59 Å². The van der Waals surface area contributed by atoms with Crippen LogP contribution in [0.25, 0.3) is 0 Å². The maximum atomic E-state index is 11.7. The third-order valence-electron chi connectivity index (χ3n) is 2.42. The molecule has 7 nitrogen and oxygen atoms in total. The second kappa shape index (κ2) is 7.23. The number of ether oxygens (including phenoxy) is 2. The molecule has 116 valence electrons. The van der Waals surface area contributed by atoms with Gasteiger partial charge >= 0.3 is 11.9 Å². The minimum Gasteiger partial charge on any atom is -0.465 e. The van der Waals surface area contributed by atoms with Gasteiger partial charge in [-0.1, -0.05) is 0 Å². The van der Waals surface area contributed by atoms with Gasteiger partial charge in [-0.05, 0) is 39.5 Å². The van der Waals surface area contributed by atoms with E-state index in [-0.39, 0.29) is 10.6 Å². The zero-order valence-electron chi connectivity index (χ0n) is 11.3. The molecule has 0 atom stereocenters. The Kier molecular flexibility index (Phi) is 5.34. The van der Waals surface area contributed by atoms with E-state index in [1.807, 2.05) is 0 Å². The van der Waals surface area contributed by atoms with E-state index < -0.39 is 24.5 Å². The van der Waals surface area contributed by atoms with Crippen molar-refractivity contribution >= 4 is 50.8 Å². The van der Waals surface area contributed by atoms with Crippen LogP contribution in [0.15, 0.2) is 32.7 Å². The molecule has 0 radical (unpaired) electrons. The highest BCUT2D eigenvalue weighted by molar-refractivity contribution is 9.10. The largest absolute Gasteiger partial charge is 0.465 e. The number of amides is 1. The first-order valence-corrected chi connectivity index (χ1v) is 7.56. The number of carbonyl (C=O) groups excluding carboxylic acids is 3. The van der Waals surface area contributed by atoms with Crippen LogP contribution in [0.2, 0.25) is 0 Å². The maximum absolute atomic E-state index is 11.7. The fourth-order valence-corrected chi connectivity index (χ4v) is 2.54. The average molecular weight is 388 g/mol. The van der Waals surface area contributed by atoms with E-state index in [0.29, 0.717) is 10.4 Å². The van der Waals surface area contributed by atoms with Gasteiger partial charge in [0.25, 0.3) is 5.91 Å². The van der Waals surface area contributed by atoms with E-state index in [2.05, 4.69) is 26.0 Å². The fourth-order valence-electron chi connectivity index (χ4n) is 1.47. The van der Waals surface area contributed by atoms with Crippen LogP contribution >= 0.6 is 27.3 Å². The smallest absolute Gasteiger partial charge is 0.374 e. The van der Waals surface area contributed by atoms with E-state index in [1.54, 1.807) is 11.4 Å². The summed E-state index contributed by atoms with van der Waals surface area (Å²) in [4.78, 5) is 35.1. The minimum absolute atomic E-state index is 0.0227. The first kappa shape index (κ1) is 16.2. The molecule has 0 bridgehead atoms. The van der Waals surface area contributed by atoms with E-state index in [1.165, 1.54) is 19.2 Å². The van der Waals surface area contributed by atoms with Crippen molar-refractivity contribution in [2.45, 2.75) is 0 Å². The highest BCUT2D eigenvalue weighted by Gasteiger charge is 2.17. The second-order valence-electron chi connectivity index (χ2n) is 3.88. The van der Waals surface area contributed by atoms with Crippen LogP contribution in [-0.2, 0) is 14.3 Å². The number of esters is 2. The third kappa shape index (κ3) is 3.95. The van der Waals surface area contributed by atoms with Gasteiger partial charge in [0.15, 0.2) is 11.3 Å². The molecule has 0 saturated heterocycles. The van der Waals surface area contributed by atoms with Gasteiger partial charge in [0, 0.05) is 0 Å². The molecule has 2 rings (SSSR count). The van der Waals surface area contributed by atoms with Gasteiger partial charge in [-0.2, -0.15) is 0 Å².